The number of rotatable bonds is 5. The molecule has 4 rings (SSSR count). The first-order chi connectivity index (χ1) is 14.2. The van der Waals surface area contributed by atoms with Gasteiger partial charge in [-0.05, 0) is 43.3 Å². The summed E-state index contributed by atoms with van der Waals surface area (Å²) in [6.07, 6.45) is 0. The minimum atomic E-state index is -0.334. The molecule has 6 heteroatoms. The molecular formula is C23H20N4O2. The number of hydrogen-bond acceptors (Lipinski definition) is 3. The Morgan fingerprint density at radius 1 is 0.828 bits per heavy atom. The molecule has 6 nitrogen and oxygen atoms in total. The highest BCUT2D eigenvalue weighted by Gasteiger charge is 2.17. The third-order valence-electron chi connectivity index (χ3n) is 4.65. The third kappa shape index (κ3) is 3.73. The molecule has 0 radical (unpaired) electrons. The number of aryl methyl sites for hydroxylation is 1. The average molecular weight is 384 g/mol. The van der Waals surface area contributed by atoms with Crippen LogP contribution in [-0.4, -0.2) is 21.4 Å². The van der Waals surface area contributed by atoms with Crippen LogP contribution in [0.4, 0.5) is 11.6 Å². The quantitative estimate of drug-likeness (QED) is 0.530. The summed E-state index contributed by atoms with van der Waals surface area (Å²) in [6, 6.07) is 23.5. The van der Waals surface area contributed by atoms with Crippen molar-refractivity contribution < 1.29 is 9.59 Å². The maximum Gasteiger partial charge on any atom is 0.260 e. The van der Waals surface area contributed by atoms with Crippen LogP contribution in [-0.2, 0) is 6.54 Å². The summed E-state index contributed by atoms with van der Waals surface area (Å²) in [4.78, 5) is 30.0. The number of nitrogens with zero attached hydrogens (tertiary/aromatic N) is 2. The molecule has 144 valence electrons. The number of carbonyl (C=O) groups excluding carboxylic acids is 2. The van der Waals surface area contributed by atoms with Gasteiger partial charge in [0.15, 0.2) is 0 Å². The van der Waals surface area contributed by atoms with E-state index in [0.29, 0.717) is 29.3 Å². The zero-order valence-corrected chi connectivity index (χ0v) is 15.9. The fourth-order valence-electron chi connectivity index (χ4n) is 3.23. The summed E-state index contributed by atoms with van der Waals surface area (Å²) in [5.74, 6) is -0.131. The molecule has 0 unspecified atom stereocenters. The molecule has 3 aromatic carbocycles. The number of amides is 2. The van der Waals surface area contributed by atoms with Gasteiger partial charge in [0, 0.05) is 12.1 Å². The van der Waals surface area contributed by atoms with E-state index in [2.05, 4.69) is 15.6 Å². The smallest absolute Gasteiger partial charge is 0.260 e. The van der Waals surface area contributed by atoms with E-state index in [9.17, 15) is 9.59 Å². The van der Waals surface area contributed by atoms with E-state index in [1.54, 1.807) is 48.5 Å². The molecule has 0 fully saturated rings. The summed E-state index contributed by atoms with van der Waals surface area (Å²) >= 11 is 0. The third-order valence-corrected chi connectivity index (χ3v) is 4.65. The highest BCUT2D eigenvalue weighted by molar-refractivity contribution is 6.12. The molecule has 1 heterocycles. The predicted octanol–water partition coefficient (Wildman–Crippen LogP) is 4.56. The molecule has 0 aliphatic heterocycles. The maximum atomic E-state index is 13.0. The normalized spacial score (nSPS) is 10.7. The number of benzene rings is 3. The van der Waals surface area contributed by atoms with Crippen LogP contribution in [0.15, 0.2) is 78.9 Å². The molecule has 0 spiro atoms. The minimum Gasteiger partial charge on any atom is -0.321 e. The molecule has 0 bridgehead atoms. The maximum absolute atomic E-state index is 13.0. The van der Waals surface area contributed by atoms with Gasteiger partial charge in [0.25, 0.3) is 11.8 Å². The zero-order valence-electron chi connectivity index (χ0n) is 15.9. The Morgan fingerprint density at radius 3 is 2.31 bits per heavy atom. The molecule has 29 heavy (non-hydrogen) atoms. The topological polar surface area (TPSA) is 76.0 Å². The summed E-state index contributed by atoms with van der Waals surface area (Å²) < 4.78 is 1.94. The van der Waals surface area contributed by atoms with Crippen molar-refractivity contribution in [1.82, 2.24) is 9.55 Å². The van der Waals surface area contributed by atoms with Crippen LogP contribution in [0.25, 0.3) is 11.0 Å². The molecule has 0 saturated carbocycles. The van der Waals surface area contributed by atoms with Gasteiger partial charge < -0.3 is 9.88 Å². The van der Waals surface area contributed by atoms with E-state index < -0.39 is 0 Å². The second-order valence-electron chi connectivity index (χ2n) is 6.49. The standard InChI is InChI=1S/C23H20N4O2/c1-2-27-20-15-9-8-14-19(20)25-23(27)26-22(29)17-12-6-7-13-18(17)24-21(28)16-10-4-3-5-11-16/h3-15H,2H2,1H3,(H,24,28)(H,25,26,29). The van der Waals surface area contributed by atoms with Crippen LogP contribution < -0.4 is 10.6 Å². The fourth-order valence-corrected chi connectivity index (χ4v) is 3.23. The van der Waals surface area contributed by atoms with Crippen molar-refractivity contribution in [1.29, 1.82) is 0 Å². The van der Waals surface area contributed by atoms with E-state index >= 15 is 0 Å². The van der Waals surface area contributed by atoms with Crippen LogP contribution in [0.5, 0.6) is 0 Å². The summed E-state index contributed by atoms with van der Waals surface area (Å²) in [5.41, 5.74) is 3.10. The Kier molecular flexibility index (Phi) is 5.07. The predicted molar refractivity (Wildman–Crippen MR) is 114 cm³/mol. The monoisotopic (exact) mass is 384 g/mol. The van der Waals surface area contributed by atoms with Crippen molar-refractivity contribution in [2.24, 2.45) is 0 Å². The molecule has 0 aliphatic rings. The highest BCUT2D eigenvalue weighted by Crippen LogP contribution is 2.22. The van der Waals surface area contributed by atoms with Gasteiger partial charge in [-0.3, -0.25) is 14.9 Å². The summed E-state index contributed by atoms with van der Waals surface area (Å²) in [6.45, 7) is 2.67. The summed E-state index contributed by atoms with van der Waals surface area (Å²) in [5, 5.41) is 5.70. The Hall–Kier alpha value is -3.93. The lowest BCUT2D eigenvalue weighted by molar-refractivity contribution is 0.102. The van der Waals surface area contributed by atoms with E-state index in [-0.39, 0.29) is 11.8 Å². The van der Waals surface area contributed by atoms with Crippen LogP contribution in [0.3, 0.4) is 0 Å². The molecule has 0 atom stereocenters. The van der Waals surface area contributed by atoms with E-state index in [1.807, 2.05) is 41.8 Å². The number of nitrogens with one attached hydrogen (secondary N) is 2. The molecule has 2 amide bonds. The zero-order chi connectivity index (χ0) is 20.2. The van der Waals surface area contributed by atoms with Crippen LogP contribution in [0, 0.1) is 0 Å². The first-order valence-electron chi connectivity index (χ1n) is 9.39. The van der Waals surface area contributed by atoms with Gasteiger partial charge >= 0.3 is 0 Å². The van der Waals surface area contributed by atoms with Crippen molar-refractivity contribution in [3.8, 4) is 0 Å². The molecule has 4 aromatic rings. The Balaban J connectivity index is 1.61. The van der Waals surface area contributed by atoms with Gasteiger partial charge in [0.1, 0.15) is 0 Å². The van der Waals surface area contributed by atoms with Crippen LogP contribution in [0.1, 0.15) is 27.6 Å². The van der Waals surface area contributed by atoms with Crippen molar-refractivity contribution in [2.75, 3.05) is 10.6 Å². The second-order valence-corrected chi connectivity index (χ2v) is 6.49. The van der Waals surface area contributed by atoms with Gasteiger partial charge in [-0.2, -0.15) is 0 Å². The van der Waals surface area contributed by atoms with E-state index in [4.69, 9.17) is 0 Å². The number of aromatic nitrogens is 2. The number of para-hydroxylation sites is 3. The lowest BCUT2D eigenvalue weighted by Gasteiger charge is -2.12. The van der Waals surface area contributed by atoms with E-state index in [1.165, 1.54) is 0 Å². The summed E-state index contributed by atoms with van der Waals surface area (Å²) in [7, 11) is 0. The number of carbonyl (C=O) groups is 2. The first kappa shape index (κ1) is 18.4. The van der Waals surface area contributed by atoms with Gasteiger partial charge in [-0.15, -0.1) is 0 Å². The molecule has 1 aromatic heterocycles. The molecule has 0 aliphatic carbocycles. The highest BCUT2D eigenvalue weighted by atomic mass is 16.2. The van der Waals surface area contributed by atoms with Crippen molar-refractivity contribution in [3.05, 3.63) is 90.0 Å². The van der Waals surface area contributed by atoms with Crippen LogP contribution >= 0.6 is 0 Å². The van der Waals surface area contributed by atoms with Gasteiger partial charge in [-0.1, -0.05) is 42.5 Å². The lowest BCUT2D eigenvalue weighted by atomic mass is 10.1. The minimum absolute atomic E-state index is 0.272. The van der Waals surface area contributed by atoms with E-state index in [0.717, 1.165) is 11.0 Å². The molecular weight excluding hydrogens is 364 g/mol. The number of hydrogen-bond donors (Lipinski definition) is 2. The molecule has 2 N–H and O–H groups in total. The number of imidazole rings is 1. The van der Waals surface area contributed by atoms with Gasteiger partial charge in [0.2, 0.25) is 5.95 Å². The fraction of sp³-hybridized carbons (Fsp3) is 0.0870. The van der Waals surface area contributed by atoms with Crippen LogP contribution in [0.2, 0.25) is 0 Å². The first-order valence-corrected chi connectivity index (χ1v) is 9.39. The lowest BCUT2D eigenvalue weighted by Crippen LogP contribution is -2.19. The van der Waals surface area contributed by atoms with Crippen molar-refractivity contribution >= 4 is 34.5 Å². The number of anilines is 2. The Labute approximate surface area is 168 Å². The second kappa shape index (κ2) is 7.98. The SMILES string of the molecule is CCn1c(NC(=O)c2ccccc2NC(=O)c2ccccc2)nc2ccccc21. The largest absolute Gasteiger partial charge is 0.321 e. The Morgan fingerprint density at radius 2 is 1.52 bits per heavy atom. The van der Waals surface area contributed by atoms with Gasteiger partial charge in [-0.25, -0.2) is 4.98 Å². The average Bonchev–Trinajstić information content (AvgIpc) is 3.11. The Bertz CT molecular complexity index is 1180. The number of fused-ring (bicyclic) bond motifs is 1. The van der Waals surface area contributed by atoms with Crippen molar-refractivity contribution in [2.45, 2.75) is 13.5 Å². The molecule has 0 saturated heterocycles. The van der Waals surface area contributed by atoms with Crippen molar-refractivity contribution in [3.63, 3.8) is 0 Å². The van der Waals surface area contributed by atoms with Gasteiger partial charge in [0.05, 0.1) is 22.3 Å².